The molecule has 0 radical (unpaired) electrons. The predicted octanol–water partition coefficient (Wildman–Crippen LogP) is 3.17. The molecule has 5 heteroatoms. The molecule has 0 saturated carbocycles. The average molecular weight is 247 g/mol. The van der Waals surface area contributed by atoms with E-state index < -0.39 is 5.97 Å². The number of rotatable bonds is 4. The van der Waals surface area contributed by atoms with Crippen LogP contribution in [0.3, 0.4) is 0 Å². The molecule has 0 spiro atoms. The van der Waals surface area contributed by atoms with Gasteiger partial charge in [-0.3, -0.25) is 0 Å². The molecular formula is C10H8Cl2O3. The van der Waals surface area contributed by atoms with Gasteiger partial charge in [0.05, 0.1) is 10.6 Å². The highest BCUT2D eigenvalue weighted by Crippen LogP contribution is 2.22. The maximum atomic E-state index is 10.7. The fourth-order valence-electron chi connectivity index (χ4n) is 0.939. The number of hydrogen-bond acceptors (Lipinski definition) is 2. The van der Waals surface area contributed by atoms with E-state index in [1.165, 1.54) is 17.7 Å². The zero-order chi connectivity index (χ0) is 11.3. The van der Waals surface area contributed by atoms with Gasteiger partial charge in [-0.1, -0.05) is 23.2 Å². The van der Waals surface area contributed by atoms with E-state index in [9.17, 15) is 4.79 Å². The van der Waals surface area contributed by atoms with Gasteiger partial charge in [-0.05, 0) is 24.3 Å². The molecule has 0 bridgehead atoms. The lowest BCUT2D eigenvalue weighted by Crippen LogP contribution is -1.99. The lowest BCUT2D eigenvalue weighted by atomic mass is 10.2. The van der Waals surface area contributed by atoms with Gasteiger partial charge < -0.3 is 9.84 Å². The molecule has 15 heavy (non-hydrogen) atoms. The van der Waals surface area contributed by atoms with Crippen LogP contribution in [0, 0.1) is 0 Å². The number of carboxylic acids is 1. The second kappa shape index (κ2) is 5.63. The number of halogens is 2. The van der Waals surface area contributed by atoms with Crippen molar-refractivity contribution in [3.05, 3.63) is 40.4 Å². The van der Waals surface area contributed by atoms with Crippen molar-refractivity contribution in [3.63, 3.8) is 0 Å². The van der Waals surface area contributed by atoms with Gasteiger partial charge in [0.1, 0.15) is 12.4 Å². The molecule has 0 amide bonds. The molecule has 0 aliphatic carbocycles. The van der Waals surface area contributed by atoms with E-state index in [1.54, 1.807) is 12.1 Å². The summed E-state index contributed by atoms with van der Waals surface area (Å²) in [7, 11) is 0. The van der Waals surface area contributed by atoms with Crippen molar-refractivity contribution >= 4 is 29.2 Å². The molecule has 0 aromatic heterocycles. The Morgan fingerprint density at radius 1 is 1.53 bits per heavy atom. The minimum atomic E-state index is -1.08. The van der Waals surface area contributed by atoms with Crippen LogP contribution >= 0.6 is 23.2 Å². The molecule has 3 nitrogen and oxygen atoms in total. The van der Waals surface area contributed by atoms with Crippen molar-refractivity contribution in [2.24, 2.45) is 0 Å². The first-order valence-corrected chi connectivity index (χ1v) is 4.87. The molecular weight excluding hydrogens is 239 g/mol. The van der Waals surface area contributed by atoms with Crippen molar-refractivity contribution in [3.8, 4) is 5.75 Å². The van der Waals surface area contributed by atoms with Crippen LogP contribution in [0.15, 0.2) is 29.8 Å². The van der Waals surface area contributed by atoms with Gasteiger partial charge in [-0.25, -0.2) is 4.79 Å². The summed E-state index contributed by atoms with van der Waals surface area (Å²) in [6, 6.07) is 4.44. The van der Waals surface area contributed by atoms with Gasteiger partial charge in [0.2, 0.25) is 0 Å². The largest absolute Gasteiger partial charge is 0.489 e. The molecule has 1 N–H and O–H groups in total. The van der Waals surface area contributed by atoms with E-state index in [4.69, 9.17) is 33.0 Å². The first-order chi connectivity index (χ1) is 7.15. The molecule has 1 aromatic carbocycles. The van der Waals surface area contributed by atoms with Crippen molar-refractivity contribution in [2.45, 2.75) is 0 Å². The number of ether oxygens (including phenoxy) is 1. The minimum absolute atomic E-state index is 0.0176. The molecule has 0 fully saturated rings. The van der Waals surface area contributed by atoms with Gasteiger partial charge in [0.15, 0.2) is 0 Å². The summed E-state index contributed by atoms with van der Waals surface area (Å²) in [6.07, 6.45) is 1.59. The lowest BCUT2D eigenvalue weighted by Gasteiger charge is -2.05. The van der Waals surface area contributed by atoms with Crippen LogP contribution in [0.5, 0.6) is 5.75 Å². The number of benzene rings is 1. The lowest BCUT2D eigenvalue weighted by molar-refractivity contribution is 0.0696. The van der Waals surface area contributed by atoms with E-state index in [2.05, 4.69) is 0 Å². The van der Waals surface area contributed by atoms with Crippen LogP contribution in [0.2, 0.25) is 5.02 Å². The Balaban J connectivity index is 2.83. The quantitative estimate of drug-likeness (QED) is 0.888. The summed E-state index contributed by atoms with van der Waals surface area (Å²) < 4.78 is 5.20. The van der Waals surface area contributed by atoms with E-state index in [1.807, 2.05) is 0 Å². The van der Waals surface area contributed by atoms with Crippen molar-refractivity contribution in [1.82, 2.24) is 0 Å². The summed E-state index contributed by atoms with van der Waals surface area (Å²) in [4.78, 5) is 10.7. The third-order valence-electron chi connectivity index (χ3n) is 1.60. The first kappa shape index (κ1) is 11.9. The maximum Gasteiger partial charge on any atom is 0.337 e. The summed E-state index contributed by atoms with van der Waals surface area (Å²) in [5.74, 6) is -0.648. The number of carboxylic acid groups (broad SMARTS) is 1. The fraction of sp³-hybridized carbons (Fsp3) is 0.100. The van der Waals surface area contributed by atoms with E-state index in [0.29, 0.717) is 5.75 Å². The second-order valence-electron chi connectivity index (χ2n) is 2.62. The van der Waals surface area contributed by atoms with Crippen molar-refractivity contribution in [1.29, 1.82) is 0 Å². The molecule has 0 aliphatic heterocycles. The van der Waals surface area contributed by atoms with Crippen molar-refractivity contribution in [2.75, 3.05) is 6.61 Å². The molecule has 0 unspecified atom stereocenters. The number of hydrogen-bond donors (Lipinski definition) is 1. The minimum Gasteiger partial charge on any atom is -0.489 e. The van der Waals surface area contributed by atoms with Gasteiger partial charge in [0.25, 0.3) is 0 Å². The summed E-state index contributed by atoms with van der Waals surface area (Å²) in [5.41, 5.74) is 1.35. The highest BCUT2D eigenvalue weighted by atomic mass is 35.5. The summed E-state index contributed by atoms with van der Waals surface area (Å²) in [6.45, 7) is 0.282. The van der Waals surface area contributed by atoms with Crippen LogP contribution in [0.25, 0.3) is 0 Å². The molecule has 1 aromatic rings. The average Bonchev–Trinajstić information content (AvgIpc) is 2.20. The third kappa shape index (κ3) is 3.46. The zero-order valence-electron chi connectivity index (χ0n) is 7.61. The molecule has 0 atom stereocenters. The van der Waals surface area contributed by atoms with Crippen LogP contribution in [0.1, 0.15) is 10.4 Å². The molecule has 0 aliphatic rings. The van der Waals surface area contributed by atoms with E-state index >= 15 is 0 Å². The van der Waals surface area contributed by atoms with Crippen LogP contribution < -0.4 is 4.74 Å². The molecule has 80 valence electrons. The van der Waals surface area contributed by atoms with Gasteiger partial charge >= 0.3 is 5.97 Å². The van der Waals surface area contributed by atoms with E-state index in [-0.39, 0.29) is 17.2 Å². The third-order valence-corrected chi connectivity index (χ3v) is 2.11. The highest BCUT2D eigenvalue weighted by molar-refractivity contribution is 6.33. The predicted molar refractivity (Wildman–Crippen MR) is 58.9 cm³/mol. The first-order valence-electron chi connectivity index (χ1n) is 4.06. The standard InChI is InChI=1S/C10H8Cl2O3/c11-4-1-5-15-7-2-3-9(12)8(6-7)10(13)14/h1-4,6H,5H2,(H,13,14)/b4-1+. The maximum absolute atomic E-state index is 10.7. The van der Waals surface area contributed by atoms with Crippen molar-refractivity contribution < 1.29 is 14.6 Å². The van der Waals surface area contributed by atoms with Gasteiger partial charge in [-0.2, -0.15) is 0 Å². The Hall–Kier alpha value is -1.19. The Morgan fingerprint density at radius 3 is 2.87 bits per heavy atom. The monoisotopic (exact) mass is 246 g/mol. The zero-order valence-corrected chi connectivity index (χ0v) is 9.13. The van der Waals surface area contributed by atoms with Gasteiger partial charge in [0, 0.05) is 5.54 Å². The van der Waals surface area contributed by atoms with Crippen LogP contribution in [0.4, 0.5) is 0 Å². The SMILES string of the molecule is O=C(O)c1cc(OC/C=C/Cl)ccc1Cl. The Labute approximate surface area is 96.9 Å². The smallest absolute Gasteiger partial charge is 0.337 e. The molecule has 0 heterocycles. The number of carbonyl (C=O) groups is 1. The molecule has 1 rings (SSSR count). The Kier molecular flexibility index (Phi) is 4.46. The Bertz CT molecular complexity index is 388. The highest BCUT2D eigenvalue weighted by Gasteiger charge is 2.09. The summed E-state index contributed by atoms with van der Waals surface area (Å²) in [5, 5.41) is 8.97. The van der Waals surface area contributed by atoms with E-state index in [0.717, 1.165) is 0 Å². The van der Waals surface area contributed by atoms with Crippen LogP contribution in [-0.4, -0.2) is 17.7 Å². The fourth-order valence-corrected chi connectivity index (χ4v) is 1.21. The topological polar surface area (TPSA) is 46.5 Å². The number of aromatic carboxylic acids is 1. The summed E-state index contributed by atoms with van der Waals surface area (Å²) >= 11 is 11.0. The second-order valence-corrected chi connectivity index (χ2v) is 3.28. The molecule has 0 saturated heterocycles. The van der Waals surface area contributed by atoms with Gasteiger partial charge in [-0.15, -0.1) is 0 Å². The normalized spacial score (nSPS) is 10.5. The Morgan fingerprint density at radius 2 is 2.27 bits per heavy atom. The van der Waals surface area contributed by atoms with Crippen LogP contribution in [-0.2, 0) is 0 Å².